The lowest BCUT2D eigenvalue weighted by Crippen LogP contribution is -2.26. The Hall–Kier alpha value is -1.14. The van der Waals surface area contributed by atoms with E-state index in [0.717, 1.165) is 18.6 Å². The molecule has 19 heavy (non-hydrogen) atoms. The predicted molar refractivity (Wildman–Crippen MR) is 72.6 cm³/mol. The first-order chi connectivity index (χ1) is 8.99. The van der Waals surface area contributed by atoms with E-state index < -0.39 is 15.8 Å². The van der Waals surface area contributed by atoms with Crippen LogP contribution in [0.2, 0.25) is 0 Å². The van der Waals surface area contributed by atoms with Gasteiger partial charge in [0, 0.05) is 6.54 Å². The molecule has 0 unspecified atom stereocenters. The van der Waals surface area contributed by atoms with Crippen LogP contribution in [-0.4, -0.2) is 15.0 Å². The van der Waals surface area contributed by atoms with Gasteiger partial charge in [0.1, 0.15) is 5.82 Å². The molecule has 0 atom stereocenters. The van der Waals surface area contributed by atoms with E-state index in [1.807, 2.05) is 0 Å². The lowest BCUT2D eigenvalue weighted by atomic mass is 10.1. The van der Waals surface area contributed by atoms with Crippen molar-refractivity contribution < 1.29 is 12.8 Å². The third kappa shape index (κ3) is 3.67. The van der Waals surface area contributed by atoms with Crippen LogP contribution in [-0.2, 0) is 10.0 Å². The normalized spacial score (nSPS) is 16.9. The summed E-state index contributed by atoms with van der Waals surface area (Å²) in [7, 11) is -3.59. The zero-order valence-electron chi connectivity index (χ0n) is 10.7. The zero-order chi connectivity index (χ0) is 13.9. The van der Waals surface area contributed by atoms with E-state index in [0.29, 0.717) is 12.5 Å². The van der Waals surface area contributed by atoms with Crippen LogP contribution in [0.3, 0.4) is 0 Å². The first-order valence-corrected chi connectivity index (χ1v) is 8.02. The van der Waals surface area contributed by atoms with Crippen molar-refractivity contribution in [3.05, 3.63) is 24.0 Å². The second-order valence-electron chi connectivity index (χ2n) is 5.02. The molecule has 0 spiro atoms. The Bertz CT molecular complexity index is 540. The lowest BCUT2D eigenvalue weighted by Gasteiger charge is -2.11. The van der Waals surface area contributed by atoms with E-state index in [1.165, 1.54) is 31.7 Å². The fourth-order valence-electron chi connectivity index (χ4n) is 2.47. The van der Waals surface area contributed by atoms with Gasteiger partial charge in [-0.3, -0.25) is 0 Å². The molecule has 0 aromatic heterocycles. The summed E-state index contributed by atoms with van der Waals surface area (Å²) in [5.74, 6) is 0.0193. The van der Waals surface area contributed by atoms with Gasteiger partial charge < -0.3 is 5.73 Å². The summed E-state index contributed by atoms with van der Waals surface area (Å²) >= 11 is 0. The Balaban J connectivity index is 1.95. The molecule has 0 saturated heterocycles. The van der Waals surface area contributed by atoms with Gasteiger partial charge in [-0.25, -0.2) is 17.5 Å². The van der Waals surface area contributed by atoms with Gasteiger partial charge >= 0.3 is 0 Å². The number of halogens is 1. The van der Waals surface area contributed by atoms with Gasteiger partial charge in [-0.05, 0) is 30.5 Å². The molecule has 2 rings (SSSR count). The average molecular weight is 286 g/mol. The molecule has 4 nitrogen and oxygen atoms in total. The fraction of sp³-hybridized carbons (Fsp3) is 0.538. The number of nitrogens with two attached hydrogens (primary N) is 1. The maximum Gasteiger partial charge on any atom is 0.240 e. The highest BCUT2D eigenvalue weighted by Gasteiger charge is 2.18. The third-order valence-corrected chi connectivity index (χ3v) is 5.06. The molecule has 1 saturated carbocycles. The number of hydrogen-bond donors (Lipinski definition) is 2. The minimum atomic E-state index is -3.59. The number of sulfonamides is 1. The van der Waals surface area contributed by atoms with Gasteiger partial charge in [0.15, 0.2) is 0 Å². The molecule has 3 N–H and O–H groups in total. The highest BCUT2D eigenvalue weighted by atomic mass is 32.2. The SMILES string of the molecule is Nc1cc(S(=O)(=O)NCCC2CCCC2)ccc1F. The van der Waals surface area contributed by atoms with Gasteiger partial charge in [-0.15, -0.1) is 0 Å². The highest BCUT2D eigenvalue weighted by molar-refractivity contribution is 7.89. The first kappa shape index (κ1) is 14.3. The zero-order valence-corrected chi connectivity index (χ0v) is 11.5. The van der Waals surface area contributed by atoms with Crippen LogP contribution >= 0.6 is 0 Å². The van der Waals surface area contributed by atoms with Gasteiger partial charge in [-0.1, -0.05) is 25.7 Å². The second-order valence-corrected chi connectivity index (χ2v) is 6.79. The number of hydrogen-bond acceptors (Lipinski definition) is 3. The maximum atomic E-state index is 13.0. The van der Waals surface area contributed by atoms with Crippen LogP contribution in [0.4, 0.5) is 10.1 Å². The molecule has 106 valence electrons. The Kier molecular flexibility index (Phi) is 4.42. The summed E-state index contributed by atoms with van der Waals surface area (Å²) in [6, 6.07) is 3.44. The van der Waals surface area contributed by atoms with Crippen molar-refractivity contribution in [2.75, 3.05) is 12.3 Å². The molecule has 1 aromatic rings. The van der Waals surface area contributed by atoms with Crippen molar-refractivity contribution >= 4 is 15.7 Å². The Morgan fingerprint density at radius 3 is 2.63 bits per heavy atom. The Labute approximate surface area is 113 Å². The fourth-order valence-corrected chi connectivity index (χ4v) is 3.55. The third-order valence-electron chi connectivity index (χ3n) is 3.60. The van der Waals surface area contributed by atoms with Gasteiger partial charge in [0.05, 0.1) is 10.6 Å². The van der Waals surface area contributed by atoms with Crippen molar-refractivity contribution in [2.45, 2.75) is 37.0 Å². The van der Waals surface area contributed by atoms with Crippen LogP contribution < -0.4 is 10.5 Å². The van der Waals surface area contributed by atoms with Crippen LogP contribution in [0, 0.1) is 11.7 Å². The molecule has 1 aromatic carbocycles. The van der Waals surface area contributed by atoms with E-state index in [-0.39, 0.29) is 10.6 Å². The Morgan fingerprint density at radius 2 is 2.00 bits per heavy atom. The summed E-state index contributed by atoms with van der Waals surface area (Å²) in [4.78, 5) is 0.0119. The number of nitrogen functional groups attached to an aromatic ring is 1. The molecule has 1 fully saturated rings. The first-order valence-electron chi connectivity index (χ1n) is 6.54. The molecular weight excluding hydrogens is 267 g/mol. The summed E-state index contributed by atoms with van der Waals surface area (Å²) in [6.07, 6.45) is 5.71. The average Bonchev–Trinajstić information content (AvgIpc) is 2.85. The lowest BCUT2D eigenvalue weighted by molar-refractivity contribution is 0.495. The summed E-state index contributed by atoms with van der Waals surface area (Å²) < 4.78 is 39.5. The van der Waals surface area contributed by atoms with Crippen molar-refractivity contribution in [1.82, 2.24) is 4.72 Å². The van der Waals surface area contributed by atoms with Crippen LogP contribution in [0.15, 0.2) is 23.1 Å². The highest BCUT2D eigenvalue weighted by Crippen LogP contribution is 2.27. The smallest absolute Gasteiger partial charge is 0.240 e. The summed E-state index contributed by atoms with van der Waals surface area (Å²) in [5.41, 5.74) is 5.22. The standard InChI is InChI=1S/C13H19FN2O2S/c14-12-6-5-11(9-13(12)15)19(17,18)16-8-7-10-3-1-2-4-10/h5-6,9-10,16H,1-4,7-8,15H2. The van der Waals surface area contributed by atoms with Gasteiger partial charge in [0.2, 0.25) is 10.0 Å². The molecule has 0 heterocycles. The van der Waals surface area contributed by atoms with Gasteiger partial charge in [-0.2, -0.15) is 0 Å². The monoisotopic (exact) mass is 286 g/mol. The van der Waals surface area contributed by atoms with Crippen molar-refractivity contribution in [3.8, 4) is 0 Å². The summed E-state index contributed by atoms with van der Waals surface area (Å²) in [5, 5.41) is 0. The molecule has 1 aliphatic carbocycles. The minimum Gasteiger partial charge on any atom is -0.396 e. The van der Waals surface area contributed by atoms with Crippen LogP contribution in [0.1, 0.15) is 32.1 Å². The van der Waals surface area contributed by atoms with E-state index >= 15 is 0 Å². The minimum absolute atomic E-state index is 0.0119. The van der Waals surface area contributed by atoms with Crippen LogP contribution in [0.5, 0.6) is 0 Å². The number of anilines is 1. The van der Waals surface area contributed by atoms with Crippen molar-refractivity contribution in [1.29, 1.82) is 0 Å². The predicted octanol–water partition coefficient (Wildman–Crippen LogP) is 2.27. The van der Waals surface area contributed by atoms with E-state index in [1.54, 1.807) is 0 Å². The molecule has 6 heteroatoms. The van der Waals surface area contributed by atoms with Gasteiger partial charge in [0.25, 0.3) is 0 Å². The van der Waals surface area contributed by atoms with Crippen molar-refractivity contribution in [2.24, 2.45) is 5.92 Å². The molecule has 0 aliphatic heterocycles. The largest absolute Gasteiger partial charge is 0.396 e. The number of rotatable bonds is 5. The molecule has 0 bridgehead atoms. The quantitative estimate of drug-likeness (QED) is 0.816. The van der Waals surface area contributed by atoms with E-state index in [9.17, 15) is 12.8 Å². The second kappa shape index (κ2) is 5.88. The molecule has 0 amide bonds. The van der Waals surface area contributed by atoms with E-state index in [4.69, 9.17) is 5.73 Å². The number of nitrogens with one attached hydrogen (secondary N) is 1. The Morgan fingerprint density at radius 1 is 1.32 bits per heavy atom. The molecular formula is C13H19FN2O2S. The topological polar surface area (TPSA) is 72.2 Å². The molecule has 0 radical (unpaired) electrons. The van der Waals surface area contributed by atoms with Crippen molar-refractivity contribution in [3.63, 3.8) is 0 Å². The van der Waals surface area contributed by atoms with Crippen LogP contribution in [0.25, 0.3) is 0 Å². The number of benzene rings is 1. The molecule has 1 aliphatic rings. The van der Waals surface area contributed by atoms with E-state index in [2.05, 4.69) is 4.72 Å². The summed E-state index contributed by atoms with van der Waals surface area (Å²) in [6.45, 7) is 0.421. The maximum absolute atomic E-state index is 13.0.